The standard InChI is InChI=1S/C14H21N3/c1-12(16-17-10-6-3-7-11-17)13-8-4-5-9-14(13)15-2/h4-5,8-9,15H,3,6-7,10-11H2,1-2H3/b16-12-. The fourth-order valence-corrected chi connectivity index (χ4v) is 2.26. The first kappa shape index (κ1) is 12.0. The highest BCUT2D eigenvalue weighted by atomic mass is 15.4. The molecule has 0 spiro atoms. The molecule has 1 aromatic rings. The minimum absolute atomic E-state index is 1.09. The van der Waals surface area contributed by atoms with Crippen molar-refractivity contribution in [1.82, 2.24) is 5.01 Å². The topological polar surface area (TPSA) is 27.6 Å². The first-order chi connectivity index (χ1) is 8.31. The Morgan fingerprint density at radius 1 is 1.18 bits per heavy atom. The molecule has 0 amide bonds. The molecule has 1 aromatic carbocycles. The second-order valence-corrected chi connectivity index (χ2v) is 4.50. The van der Waals surface area contributed by atoms with Gasteiger partial charge in [-0.05, 0) is 32.3 Å². The monoisotopic (exact) mass is 231 g/mol. The predicted octanol–water partition coefficient (Wildman–Crippen LogP) is 2.94. The zero-order valence-corrected chi connectivity index (χ0v) is 10.7. The molecule has 0 bridgehead atoms. The van der Waals surface area contributed by atoms with Crippen molar-refractivity contribution in [2.45, 2.75) is 26.2 Å². The van der Waals surface area contributed by atoms with Crippen LogP contribution in [0.25, 0.3) is 0 Å². The molecule has 0 aromatic heterocycles. The molecule has 1 heterocycles. The zero-order valence-electron chi connectivity index (χ0n) is 10.7. The maximum atomic E-state index is 4.72. The Balaban J connectivity index is 2.17. The third kappa shape index (κ3) is 2.99. The molecule has 0 saturated carbocycles. The van der Waals surface area contributed by atoms with Gasteiger partial charge in [0.2, 0.25) is 0 Å². The summed E-state index contributed by atoms with van der Waals surface area (Å²) in [6.45, 7) is 4.28. The van der Waals surface area contributed by atoms with E-state index in [4.69, 9.17) is 5.10 Å². The van der Waals surface area contributed by atoms with Gasteiger partial charge in [-0.1, -0.05) is 18.2 Å². The lowest BCUT2D eigenvalue weighted by molar-refractivity contribution is 0.239. The lowest BCUT2D eigenvalue weighted by Crippen LogP contribution is -2.25. The zero-order chi connectivity index (χ0) is 12.1. The Labute approximate surface area is 104 Å². The fraction of sp³-hybridized carbons (Fsp3) is 0.500. The number of piperidine rings is 1. The van der Waals surface area contributed by atoms with Gasteiger partial charge in [-0.15, -0.1) is 0 Å². The van der Waals surface area contributed by atoms with Crippen molar-refractivity contribution >= 4 is 11.4 Å². The number of nitrogens with zero attached hydrogens (tertiary/aromatic N) is 2. The maximum absolute atomic E-state index is 4.72. The van der Waals surface area contributed by atoms with Crippen LogP contribution in [0, 0.1) is 0 Å². The van der Waals surface area contributed by atoms with E-state index < -0.39 is 0 Å². The van der Waals surface area contributed by atoms with E-state index in [1.807, 2.05) is 13.1 Å². The largest absolute Gasteiger partial charge is 0.388 e. The third-order valence-electron chi connectivity index (χ3n) is 3.21. The molecule has 0 aliphatic carbocycles. The molecule has 17 heavy (non-hydrogen) atoms. The summed E-state index contributed by atoms with van der Waals surface area (Å²) in [7, 11) is 1.95. The normalized spacial score (nSPS) is 17.1. The number of benzene rings is 1. The van der Waals surface area contributed by atoms with Crippen LogP contribution in [0.1, 0.15) is 31.7 Å². The summed E-state index contributed by atoms with van der Waals surface area (Å²) < 4.78 is 0. The number of nitrogens with one attached hydrogen (secondary N) is 1. The number of para-hydroxylation sites is 1. The van der Waals surface area contributed by atoms with Crippen molar-refractivity contribution in [2.75, 3.05) is 25.5 Å². The summed E-state index contributed by atoms with van der Waals surface area (Å²) in [5.41, 5.74) is 3.43. The van der Waals surface area contributed by atoms with E-state index in [0.717, 1.165) is 24.5 Å². The first-order valence-electron chi connectivity index (χ1n) is 6.38. The van der Waals surface area contributed by atoms with Crippen molar-refractivity contribution in [3.8, 4) is 0 Å². The van der Waals surface area contributed by atoms with Gasteiger partial charge in [-0.2, -0.15) is 5.10 Å². The Hall–Kier alpha value is -1.51. The molecule has 3 heteroatoms. The maximum Gasteiger partial charge on any atom is 0.0667 e. The van der Waals surface area contributed by atoms with Gasteiger partial charge in [-0.3, -0.25) is 5.01 Å². The first-order valence-corrected chi connectivity index (χ1v) is 6.38. The second-order valence-electron chi connectivity index (χ2n) is 4.50. The van der Waals surface area contributed by atoms with Gasteiger partial charge in [0, 0.05) is 31.4 Å². The molecular formula is C14H21N3. The van der Waals surface area contributed by atoms with E-state index in [0.29, 0.717) is 0 Å². The van der Waals surface area contributed by atoms with Gasteiger partial charge in [0.05, 0.1) is 5.71 Å². The van der Waals surface area contributed by atoms with Gasteiger partial charge in [0.25, 0.3) is 0 Å². The number of anilines is 1. The van der Waals surface area contributed by atoms with Crippen molar-refractivity contribution < 1.29 is 0 Å². The molecule has 1 fully saturated rings. The summed E-state index contributed by atoms with van der Waals surface area (Å²) in [6.07, 6.45) is 3.88. The van der Waals surface area contributed by atoms with E-state index in [1.54, 1.807) is 0 Å². The minimum Gasteiger partial charge on any atom is -0.388 e. The lowest BCUT2D eigenvalue weighted by Gasteiger charge is -2.24. The molecule has 3 nitrogen and oxygen atoms in total. The van der Waals surface area contributed by atoms with Gasteiger partial charge in [-0.25, -0.2) is 0 Å². The van der Waals surface area contributed by atoms with Crippen molar-refractivity contribution in [1.29, 1.82) is 0 Å². The Morgan fingerprint density at radius 3 is 2.59 bits per heavy atom. The van der Waals surface area contributed by atoms with E-state index in [2.05, 4.69) is 35.4 Å². The minimum atomic E-state index is 1.09. The van der Waals surface area contributed by atoms with Crippen LogP contribution in [0.15, 0.2) is 29.4 Å². The van der Waals surface area contributed by atoms with Crippen LogP contribution in [0.4, 0.5) is 5.69 Å². The number of hydrogen-bond acceptors (Lipinski definition) is 3. The van der Waals surface area contributed by atoms with Gasteiger partial charge >= 0.3 is 0 Å². The number of hydrogen-bond donors (Lipinski definition) is 1. The summed E-state index contributed by atoms with van der Waals surface area (Å²) in [5, 5.41) is 10.1. The number of rotatable bonds is 3. The van der Waals surface area contributed by atoms with Crippen LogP contribution in [0.5, 0.6) is 0 Å². The molecule has 1 aliphatic heterocycles. The summed E-state index contributed by atoms with van der Waals surface area (Å²) in [4.78, 5) is 0. The Kier molecular flexibility index (Phi) is 4.02. The SMILES string of the molecule is CNc1ccccc1/C(C)=N\N1CCCCC1. The second kappa shape index (κ2) is 5.71. The van der Waals surface area contributed by atoms with Crippen molar-refractivity contribution in [3.63, 3.8) is 0 Å². The molecule has 1 saturated heterocycles. The molecule has 0 unspecified atom stereocenters. The van der Waals surface area contributed by atoms with E-state index in [-0.39, 0.29) is 0 Å². The third-order valence-corrected chi connectivity index (χ3v) is 3.21. The predicted molar refractivity (Wildman–Crippen MR) is 73.6 cm³/mol. The quantitative estimate of drug-likeness (QED) is 0.810. The summed E-state index contributed by atoms with van der Waals surface area (Å²) in [6, 6.07) is 8.31. The van der Waals surface area contributed by atoms with E-state index in [9.17, 15) is 0 Å². The van der Waals surface area contributed by atoms with E-state index >= 15 is 0 Å². The van der Waals surface area contributed by atoms with Crippen LogP contribution in [0.3, 0.4) is 0 Å². The molecular weight excluding hydrogens is 210 g/mol. The van der Waals surface area contributed by atoms with Crippen LogP contribution < -0.4 is 5.32 Å². The van der Waals surface area contributed by atoms with Crippen LogP contribution >= 0.6 is 0 Å². The number of hydrazone groups is 1. The Morgan fingerprint density at radius 2 is 1.88 bits per heavy atom. The highest BCUT2D eigenvalue weighted by Crippen LogP contribution is 2.17. The van der Waals surface area contributed by atoms with Crippen LogP contribution in [0.2, 0.25) is 0 Å². The molecule has 1 aliphatic rings. The molecule has 0 radical (unpaired) electrons. The highest BCUT2D eigenvalue weighted by Gasteiger charge is 2.09. The average Bonchev–Trinajstić information content (AvgIpc) is 2.40. The molecule has 0 atom stereocenters. The smallest absolute Gasteiger partial charge is 0.0667 e. The van der Waals surface area contributed by atoms with Crippen LogP contribution in [-0.2, 0) is 0 Å². The van der Waals surface area contributed by atoms with Gasteiger partial charge in [0.15, 0.2) is 0 Å². The molecule has 2 rings (SSSR count). The molecule has 92 valence electrons. The summed E-state index contributed by atoms with van der Waals surface area (Å²) >= 11 is 0. The summed E-state index contributed by atoms with van der Waals surface area (Å²) in [5.74, 6) is 0. The van der Waals surface area contributed by atoms with Crippen molar-refractivity contribution in [3.05, 3.63) is 29.8 Å². The lowest BCUT2D eigenvalue weighted by atomic mass is 10.1. The van der Waals surface area contributed by atoms with Gasteiger partial charge in [0.1, 0.15) is 0 Å². The van der Waals surface area contributed by atoms with Crippen molar-refractivity contribution in [2.24, 2.45) is 5.10 Å². The average molecular weight is 231 g/mol. The fourth-order valence-electron chi connectivity index (χ4n) is 2.26. The van der Waals surface area contributed by atoms with E-state index in [1.165, 1.54) is 24.8 Å². The van der Waals surface area contributed by atoms with Crippen LogP contribution in [-0.4, -0.2) is 30.9 Å². The molecule has 1 N–H and O–H groups in total. The highest BCUT2D eigenvalue weighted by molar-refractivity contribution is 6.03. The van der Waals surface area contributed by atoms with Gasteiger partial charge < -0.3 is 5.32 Å². The Bertz CT molecular complexity index is 392.